The number of alkyl halides is 3. The van der Waals surface area contributed by atoms with Gasteiger partial charge in [0.05, 0.1) is 0 Å². The molecule has 0 spiro atoms. The number of halogens is 5. The van der Waals surface area contributed by atoms with Gasteiger partial charge in [0.25, 0.3) is 0 Å². The van der Waals surface area contributed by atoms with E-state index >= 15 is 0 Å². The van der Waals surface area contributed by atoms with Crippen LogP contribution in [0.3, 0.4) is 0 Å². The molecule has 2 nitrogen and oxygen atoms in total. The van der Waals surface area contributed by atoms with Gasteiger partial charge in [-0.05, 0) is 12.1 Å². The van der Waals surface area contributed by atoms with Crippen molar-refractivity contribution in [1.82, 2.24) is 0 Å². The molecule has 21 heavy (non-hydrogen) atoms. The van der Waals surface area contributed by atoms with Crippen LogP contribution in [0.25, 0.3) is 11.1 Å². The highest BCUT2D eigenvalue weighted by molar-refractivity contribution is 5.89. The fourth-order valence-corrected chi connectivity index (χ4v) is 1.86. The van der Waals surface area contributed by atoms with Crippen molar-refractivity contribution in [2.45, 2.75) is 6.36 Å². The van der Waals surface area contributed by atoms with Crippen LogP contribution in [0.15, 0.2) is 36.4 Å². The average Bonchev–Trinajstić information content (AvgIpc) is 2.37. The lowest BCUT2D eigenvalue weighted by Gasteiger charge is -2.15. The maximum Gasteiger partial charge on any atom is 0.573 e. The summed E-state index contributed by atoms with van der Waals surface area (Å²) in [6.45, 7) is 0. The second-order valence-electron chi connectivity index (χ2n) is 4.01. The molecule has 7 heteroatoms. The first-order valence-electron chi connectivity index (χ1n) is 5.61. The smallest absolute Gasteiger partial charge is 0.405 e. The van der Waals surface area contributed by atoms with Gasteiger partial charge in [0.15, 0.2) is 6.29 Å². The normalized spacial score (nSPS) is 11.3. The molecule has 0 saturated carbocycles. The lowest BCUT2D eigenvalue weighted by Crippen LogP contribution is -2.17. The number of para-hydroxylation sites is 1. The quantitative estimate of drug-likeness (QED) is 0.622. The summed E-state index contributed by atoms with van der Waals surface area (Å²) in [4.78, 5) is 10.9. The van der Waals surface area contributed by atoms with E-state index in [9.17, 15) is 26.7 Å². The highest BCUT2D eigenvalue weighted by Crippen LogP contribution is 2.36. The van der Waals surface area contributed by atoms with E-state index in [0.717, 1.165) is 18.2 Å². The Hall–Kier alpha value is -2.44. The number of hydrogen-bond acceptors (Lipinski definition) is 2. The molecule has 0 aliphatic carbocycles. The van der Waals surface area contributed by atoms with Crippen LogP contribution >= 0.6 is 0 Å². The van der Waals surface area contributed by atoms with Crippen LogP contribution in [0.4, 0.5) is 22.0 Å². The van der Waals surface area contributed by atoms with Crippen molar-refractivity contribution in [3.05, 3.63) is 53.6 Å². The molecule has 0 unspecified atom stereocenters. The number of benzene rings is 2. The van der Waals surface area contributed by atoms with Gasteiger partial charge in [-0.15, -0.1) is 13.2 Å². The topological polar surface area (TPSA) is 26.3 Å². The first-order chi connectivity index (χ1) is 9.81. The van der Waals surface area contributed by atoms with E-state index in [-0.39, 0.29) is 11.8 Å². The van der Waals surface area contributed by atoms with Crippen LogP contribution in [0.1, 0.15) is 10.4 Å². The summed E-state index contributed by atoms with van der Waals surface area (Å²) in [5.41, 5.74) is -1.16. The summed E-state index contributed by atoms with van der Waals surface area (Å²) in [6, 6.07) is 5.93. The molecule has 0 amide bonds. The first kappa shape index (κ1) is 15.0. The summed E-state index contributed by atoms with van der Waals surface area (Å²) in [5.74, 6) is -2.85. The molecule has 0 atom stereocenters. The molecule has 0 saturated heterocycles. The first-order valence-corrected chi connectivity index (χ1v) is 5.61. The molecule has 0 N–H and O–H groups in total. The van der Waals surface area contributed by atoms with Crippen LogP contribution in [0.5, 0.6) is 5.75 Å². The largest absolute Gasteiger partial charge is 0.573 e. The van der Waals surface area contributed by atoms with Crippen LogP contribution in [-0.2, 0) is 0 Å². The lowest BCUT2D eigenvalue weighted by atomic mass is 9.98. The molecule has 2 rings (SSSR count). The maximum atomic E-state index is 13.9. The summed E-state index contributed by atoms with van der Waals surface area (Å²) < 4.78 is 67.7. The summed E-state index contributed by atoms with van der Waals surface area (Å²) >= 11 is 0. The summed E-state index contributed by atoms with van der Waals surface area (Å²) in [5, 5.41) is 0. The highest BCUT2D eigenvalue weighted by atomic mass is 19.4. The Morgan fingerprint density at radius 2 is 1.71 bits per heavy atom. The van der Waals surface area contributed by atoms with Crippen LogP contribution in [0, 0.1) is 11.6 Å². The molecule has 0 aliphatic rings. The van der Waals surface area contributed by atoms with Crippen molar-refractivity contribution in [2.75, 3.05) is 0 Å². The van der Waals surface area contributed by atoms with E-state index < -0.39 is 34.9 Å². The predicted octanol–water partition coefficient (Wildman–Crippen LogP) is 4.34. The van der Waals surface area contributed by atoms with E-state index in [4.69, 9.17) is 0 Å². The third-order valence-corrected chi connectivity index (χ3v) is 2.59. The molecule has 2 aromatic rings. The van der Waals surface area contributed by atoms with E-state index in [2.05, 4.69) is 4.74 Å². The Kier molecular flexibility index (Phi) is 3.93. The molecular formula is C14H7F5O2. The van der Waals surface area contributed by atoms with Gasteiger partial charge in [0, 0.05) is 22.8 Å². The minimum atomic E-state index is -4.98. The van der Waals surface area contributed by atoms with E-state index in [0.29, 0.717) is 6.07 Å². The zero-order valence-corrected chi connectivity index (χ0v) is 10.2. The van der Waals surface area contributed by atoms with E-state index in [1.165, 1.54) is 12.1 Å². The van der Waals surface area contributed by atoms with Gasteiger partial charge in [0.1, 0.15) is 17.4 Å². The number of ether oxygens (including phenoxy) is 1. The fourth-order valence-electron chi connectivity index (χ4n) is 1.86. The number of rotatable bonds is 3. The maximum absolute atomic E-state index is 13.9. The van der Waals surface area contributed by atoms with Crippen molar-refractivity contribution in [3.63, 3.8) is 0 Å². The Morgan fingerprint density at radius 1 is 1.05 bits per heavy atom. The molecule has 0 aromatic heterocycles. The Morgan fingerprint density at radius 3 is 2.33 bits per heavy atom. The Bertz CT molecular complexity index is 680. The van der Waals surface area contributed by atoms with Gasteiger partial charge in [-0.2, -0.15) is 0 Å². The van der Waals surface area contributed by atoms with Gasteiger partial charge in [-0.3, -0.25) is 4.79 Å². The third-order valence-electron chi connectivity index (χ3n) is 2.59. The van der Waals surface area contributed by atoms with Gasteiger partial charge < -0.3 is 4.74 Å². The molecule has 0 radical (unpaired) electrons. The van der Waals surface area contributed by atoms with Crippen LogP contribution in [-0.4, -0.2) is 12.6 Å². The second-order valence-corrected chi connectivity index (χ2v) is 4.01. The number of carbonyl (C=O) groups is 1. The third kappa shape index (κ3) is 3.36. The summed E-state index contributed by atoms with van der Waals surface area (Å²) in [7, 11) is 0. The van der Waals surface area contributed by atoms with Crippen molar-refractivity contribution >= 4 is 6.29 Å². The van der Waals surface area contributed by atoms with Crippen molar-refractivity contribution in [3.8, 4) is 16.9 Å². The van der Waals surface area contributed by atoms with E-state index in [1.54, 1.807) is 0 Å². The zero-order chi connectivity index (χ0) is 15.6. The SMILES string of the molecule is O=Cc1cc(F)cc(F)c1-c1ccccc1OC(F)(F)F. The van der Waals surface area contributed by atoms with Crippen molar-refractivity contribution in [2.24, 2.45) is 0 Å². The fraction of sp³-hybridized carbons (Fsp3) is 0.0714. The van der Waals surface area contributed by atoms with Gasteiger partial charge >= 0.3 is 6.36 Å². The van der Waals surface area contributed by atoms with Crippen LogP contribution in [0.2, 0.25) is 0 Å². The van der Waals surface area contributed by atoms with Crippen LogP contribution < -0.4 is 4.74 Å². The molecular weight excluding hydrogens is 295 g/mol. The molecule has 0 fully saturated rings. The Labute approximate surface area is 115 Å². The van der Waals surface area contributed by atoms with Crippen molar-refractivity contribution < 1.29 is 31.5 Å². The predicted molar refractivity (Wildman–Crippen MR) is 63.9 cm³/mol. The average molecular weight is 302 g/mol. The van der Waals surface area contributed by atoms with Crippen molar-refractivity contribution in [1.29, 1.82) is 0 Å². The van der Waals surface area contributed by atoms with Gasteiger partial charge in [-0.1, -0.05) is 18.2 Å². The number of hydrogen-bond donors (Lipinski definition) is 0. The van der Waals surface area contributed by atoms with Gasteiger partial charge in [-0.25, -0.2) is 8.78 Å². The minimum absolute atomic E-state index is 0.159. The summed E-state index contributed by atoms with van der Waals surface area (Å²) in [6.07, 6.45) is -4.82. The zero-order valence-electron chi connectivity index (χ0n) is 10.2. The standard InChI is InChI=1S/C14H7F5O2/c15-9-5-8(7-20)13(11(16)6-9)10-3-1-2-4-12(10)21-14(17,18)19/h1-7H. The molecule has 110 valence electrons. The minimum Gasteiger partial charge on any atom is -0.405 e. The second kappa shape index (κ2) is 5.51. The Balaban J connectivity index is 2.65. The van der Waals surface area contributed by atoms with E-state index in [1.807, 2.05) is 0 Å². The molecule has 2 aromatic carbocycles. The van der Waals surface area contributed by atoms with Gasteiger partial charge in [0.2, 0.25) is 0 Å². The highest BCUT2D eigenvalue weighted by Gasteiger charge is 2.32. The lowest BCUT2D eigenvalue weighted by molar-refractivity contribution is -0.274. The molecule has 0 heterocycles. The monoisotopic (exact) mass is 302 g/mol. The molecule has 0 aliphatic heterocycles. The molecule has 0 bridgehead atoms. The number of aldehydes is 1. The number of carbonyl (C=O) groups excluding carboxylic acids is 1.